The largest absolute Gasteiger partial charge is 0.497 e. The molecule has 2 aromatic carbocycles. The molecule has 3 rings (SSSR count). The van der Waals surface area contributed by atoms with E-state index in [4.69, 9.17) is 23.7 Å². The van der Waals surface area contributed by atoms with Gasteiger partial charge in [-0.1, -0.05) is 17.4 Å². The van der Waals surface area contributed by atoms with E-state index in [1.807, 2.05) is 0 Å². The van der Waals surface area contributed by atoms with Crippen molar-refractivity contribution in [3.05, 3.63) is 40.7 Å². The van der Waals surface area contributed by atoms with Crippen molar-refractivity contribution in [2.75, 3.05) is 35.0 Å². The SMILES string of the molecule is CCOC(=O)Cn1c(=NC(=O)Cc2ccc(OC)cc2OC)sc2cc(OC)c(OC)cc21. The predicted molar refractivity (Wildman–Crippen MR) is 123 cm³/mol. The molecule has 3 aromatic rings. The predicted octanol–water partition coefficient (Wildman–Crippen LogP) is 2.97. The molecule has 0 aliphatic heterocycles. The number of esters is 1. The van der Waals surface area contributed by atoms with Gasteiger partial charge in [0.25, 0.3) is 5.91 Å². The average Bonchev–Trinajstić information content (AvgIpc) is 3.13. The molecule has 10 heteroatoms. The highest BCUT2D eigenvalue weighted by Gasteiger charge is 2.17. The van der Waals surface area contributed by atoms with Crippen molar-refractivity contribution < 1.29 is 33.3 Å². The molecular formula is C23H26N2O7S. The third-order valence-corrected chi connectivity index (χ3v) is 5.88. The molecule has 0 aliphatic carbocycles. The number of thiazole rings is 1. The van der Waals surface area contributed by atoms with Crippen molar-refractivity contribution in [3.8, 4) is 23.0 Å². The summed E-state index contributed by atoms with van der Waals surface area (Å²) in [6, 6.07) is 8.76. The van der Waals surface area contributed by atoms with Crippen LogP contribution in [-0.4, -0.2) is 51.5 Å². The summed E-state index contributed by atoms with van der Waals surface area (Å²) >= 11 is 1.27. The molecule has 0 spiro atoms. The van der Waals surface area contributed by atoms with E-state index in [2.05, 4.69) is 4.99 Å². The van der Waals surface area contributed by atoms with Gasteiger partial charge in [-0.2, -0.15) is 4.99 Å². The molecule has 1 aromatic heterocycles. The highest BCUT2D eigenvalue weighted by Crippen LogP contribution is 2.33. The van der Waals surface area contributed by atoms with Gasteiger partial charge in [-0.3, -0.25) is 9.59 Å². The molecule has 176 valence electrons. The van der Waals surface area contributed by atoms with E-state index in [9.17, 15) is 9.59 Å². The molecule has 0 N–H and O–H groups in total. The zero-order valence-corrected chi connectivity index (χ0v) is 20.0. The molecule has 1 heterocycles. The molecule has 0 aliphatic rings. The van der Waals surface area contributed by atoms with E-state index in [1.165, 1.54) is 25.6 Å². The smallest absolute Gasteiger partial charge is 0.326 e. The minimum absolute atomic E-state index is 0.0213. The number of ether oxygens (including phenoxy) is 5. The van der Waals surface area contributed by atoms with Gasteiger partial charge in [0.2, 0.25) is 0 Å². The van der Waals surface area contributed by atoms with Gasteiger partial charge in [-0.15, -0.1) is 0 Å². The number of amides is 1. The number of carbonyl (C=O) groups excluding carboxylic acids is 2. The van der Waals surface area contributed by atoms with Crippen LogP contribution in [0.5, 0.6) is 23.0 Å². The fourth-order valence-corrected chi connectivity index (χ4v) is 4.33. The Morgan fingerprint density at radius 3 is 2.27 bits per heavy atom. The van der Waals surface area contributed by atoms with Crippen LogP contribution >= 0.6 is 11.3 Å². The zero-order chi connectivity index (χ0) is 24.0. The van der Waals surface area contributed by atoms with E-state index in [-0.39, 0.29) is 25.5 Å². The van der Waals surface area contributed by atoms with Gasteiger partial charge in [0.15, 0.2) is 16.3 Å². The maximum atomic E-state index is 12.9. The van der Waals surface area contributed by atoms with E-state index >= 15 is 0 Å². The van der Waals surface area contributed by atoms with Crippen LogP contribution in [0.4, 0.5) is 0 Å². The van der Waals surface area contributed by atoms with Crippen molar-refractivity contribution in [2.45, 2.75) is 19.9 Å². The van der Waals surface area contributed by atoms with Gasteiger partial charge in [0.05, 0.1) is 51.7 Å². The van der Waals surface area contributed by atoms with Gasteiger partial charge < -0.3 is 28.3 Å². The van der Waals surface area contributed by atoms with Crippen molar-refractivity contribution in [1.82, 2.24) is 4.57 Å². The summed E-state index contributed by atoms with van der Waals surface area (Å²) in [6.45, 7) is 1.89. The Bertz CT molecular complexity index is 1230. The Labute approximate surface area is 195 Å². The van der Waals surface area contributed by atoms with Crippen LogP contribution in [0.2, 0.25) is 0 Å². The maximum Gasteiger partial charge on any atom is 0.326 e. The van der Waals surface area contributed by atoms with Crippen molar-refractivity contribution in [1.29, 1.82) is 0 Å². The summed E-state index contributed by atoms with van der Waals surface area (Å²) in [7, 11) is 6.16. The first kappa shape index (κ1) is 24.1. The topological polar surface area (TPSA) is 97.6 Å². The van der Waals surface area contributed by atoms with Crippen LogP contribution < -0.4 is 23.7 Å². The van der Waals surface area contributed by atoms with E-state index in [1.54, 1.807) is 56.0 Å². The van der Waals surface area contributed by atoms with E-state index in [0.717, 1.165) is 4.70 Å². The highest BCUT2D eigenvalue weighted by atomic mass is 32.1. The second-order valence-electron chi connectivity index (χ2n) is 6.81. The second kappa shape index (κ2) is 10.9. The summed E-state index contributed by atoms with van der Waals surface area (Å²) < 4.78 is 28.9. The first-order chi connectivity index (χ1) is 15.9. The lowest BCUT2D eigenvalue weighted by Crippen LogP contribution is -2.23. The molecule has 33 heavy (non-hydrogen) atoms. The normalized spacial score (nSPS) is 11.4. The van der Waals surface area contributed by atoms with Gasteiger partial charge in [-0.05, 0) is 13.0 Å². The number of fused-ring (bicyclic) bond motifs is 1. The van der Waals surface area contributed by atoms with E-state index in [0.29, 0.717) is 38.9 Å². The molecular weight excluding hydrogens is 448 g/mol. The molecule has 0 saturated carbocycles. The van der Waals surface area contributed by atoms with E-state index < -0.39 is 5.97 Å². The maximum absolute atomic E-state index is 12.9. The molecule has 0 saturated heterocycles. The number of aromatic nitrogens is 1. The Balaban J connectivity index is 2.06. The van der Waals surface area contributed by atoms with Crippen LogP contribution in [0.3, 0.4) is 0 Å². The molecule has 0 fully saturated rings. The number of methoxy groups -OCH3 is 4. The molecule has 9 nitrogen and oxygen atoms in total. The first-order valence-electron chi connectivity index (χ1n) is 10.1. The number of hydrogen-bond acceptors (Lipinski definition) is 8. The lowest BCUT2D eigenvalue weighted by Gasteiger charge is -2.09. The Morgan fingerprint density at radius 1 is 0.939 bits per heavy atom. The van der Waals surface area contributed by atoms with Gasteiger partial charge in [0.1, 0.15) is 18.0 Å². The summed E-state index contributed by atoms with van der Waals surface area (Å²) in [5.74, 6) is 1.37. The minimum Gasteiger partial charge on any atom is -0.497 e. The summed E-state index contributed by atoms with van der Waals surface area (Å²) in [6.07, 6.45) is 0.0213. The Morgan fingerprint density at radius 2 is 1.64 bits per heavy atom. The Kier molecular flexibility index (Phi) is 7.94. The van der Waals surface area contributed by atoms with Crippen LogP contribution in [0.1, 0.15) is 12.5 Å². The van der Waals surface area contributed by atoms with Gasteiger partial charge in [-0.25, -0.2) is 0 Å². The fraction of sp³-hybridized carbons (Fsp3) is 0.348. The zero-order valence-electron chi connectivity index (χ0n) is 19.2. The van der Waals surface area contributed by atoms with Crippen LogP contribution in [0.15, 0.2) is 35.3 Å². The number of benzene rings is 2. The van der Waals surface area contributed by atoms with Crippen molar-refractivity contribution >= 4 is 33.4 Å². The number of carbonyl (C=O) groups is 2. The van der Waals surface area contributed by atoms with Gasteiger partial charge >= 0.3 is 5.97 Å². The molecule has 0 radical (unpaired) electrons. The van der Waals surface area contributed by atoms with Gasteiger partial charge in [0, 0.05) is 23.8 Å². The minimum atomic E-state index is -0.433. The van der Waals surface area contributed by atoms with Crippen molar-refractivity contribution in [3.63, 3.8) is 0 Å². The summed E-state index contributed by atoms with van der Waals surface area (Å²) in [4.78, 5) is 29.8. The van der Waals surface area contributed by atoms with Crippen LogP contribution in [0, 0.1) is 0 Å². The Hall–Kier alpha value is -3.53. The summed E-state index contributed by atoms with van der Waals surface area (Å²) in [5.41, 5.74) is 1.35. The third-order valence-electron chi connectivity index (χ3n) is 4.84. The number of rotatable bonds is 9. The molecule has 1 amide bonds. The quantitative estimate of drug-likeness (QED) is 0.440. The van der Waals surface area contributed by atoms with Crippen molar-refractivity contribution in [2.24, 2.45) is 4.99 Å². The lowest BCUT2D eigenvalue weighted by molar-refractivity contribution is -0.143. The fourth-order valence-electron chi connectivity index (χ4n) is 3.28. The van der Waals surface area contributed by atoms with Crippen LogP contribution in [-0.2, 0) is 27.3 Å². The molecule has 0 bridgehead atoms. The first-order valence-corrected chi connectivity index (χ1v) is 10.9. The second-order valence-corrected chi connectivity index (χ2v) is 7.82. The monoisotopic (exact) mass is 474 g/mol. The average molecular weight is 475 g/mol. The molecule has 0 atom stereocenters. The number of nitrogens with zero attached hydrogens (tertiary/aromatic N) is 2. The molecule has 0 unspecified atom stereocenters. The lowest BCUT2D eigenvalue weighted by atomic mass is 10.1. The third kappa shape index (κ3) is 5.46. The summed E-state index contributed by atoms with van der Waals surface area (Å²) in [5, 5.41) is 0. The highest BCUT2D eigenvalue weighted by molar-refractivity contribution is 7.16. The standard InChI is InChI=1S/C23H26N2O7S/c1-6-32-22(27)13-25-16-11-18(30-4)19(31-5)12-20(16)33-23(25)24-21(26)9-14-7-8-15(28-2)10-17(14)29-3/h7-8,10-12H,6,9,13H2,1-5H3. The van der Waals surface area contributed by atoms with Crippen LogP contribution in [0.25, 0.3) is 10.2 Å². The number of hydrogen-bond donors (Lipinski definition) is 0.